The van der Waals surface area contributed by atoms with Gasteiger partial charge in [0.2, 0.25) is 5.88 Å². The van der Waals surface area contributed by atoms with Crippen molar-refractivity contribution in [3.05, 3.63) is 106 Å². The zero-order chi connectivity index (χ0) is 27.9. The maximum atomic E-state index is 6.29. The molecule has 2 aliphatic heterocycles. The Bertz CT molecular complexity index is 1740. The molecule has 7 rings (SSSR count). The summed E-state index contributed by atoms with van der Waals surface area (Å²) in [7, 11) is 0. The van der Waals surface area contributed by atoms with Crippen LogP contribution in [0.5, 0.6) is 5.88 Å². The van der Waals surface area contributed by atoms with E-state index in [-0.39, 0.29) is 0 Å². The molecule has 5 heterocycles. The van der Waals surface area contributed by atoms with E-state index in [0.29, 0.717) is 41.5 Å². The van der Waals surface area contributed by atoms with Gasteiger partial charge < -0.3 is 18.9 Å². The maximum absolute atomic E-state index is 6.29. The van der Waals surface area contributed by atoms with Gasteiger partial charge in [-0.3, -0.25) is 4.68 Å². The molecule has 208 valence electrons. The average Bonchev–Trinajstić information content (AvgIpc) is 3.61. The Kier molecular flexibility index (Phi) is 6.90. The third-order valence-electron chi connectivity index (χ3n) is 7.59. The van der Waals surface area contributed by atoms with Crippen LogP contribution in [0.2, 0.25) is 10.0 Å². The lowest BCUT2D eigenvalue weighted by atomic mass is 10.1. The number of pyridine rings is 1. The van der Waals surface area contributed by atoms with Crippen LogP contribution in [0, 0.1) is 5.92 Å². The molecule has 2 aliphatic rings. The summed E-state index contributed by atoms with van der Waals surface area (Å²) in [6.07, 6.45) is 4.00. The molecular formula is C31H28Cl2N6O2. The monoisotopic (exact) mass is 586 g/mol. The molecule has 0 amide bonds. The Morgan fingerprint density at radius 3 is 2.73 bits per heavy atom. The summed E-state index contributed by atoms with van der Waals surface area (Å²) in [6, 6.07) is 17.5. The minimum absolute atomic E-state index is 0.312. The van der Waals surface area contributed by atoms with Crippen molar-refractivity contribution >= 4 is 46.1 Å². The van der Waals surface area contributed by atoms with Gasteiger partial charge in [-0.2, -0.15) is 10.1 Å². The molecule has 0 unspecified atom stereocenters. The number of anilines is 1. The van der Waals surface area contributed by atoms with Crippen LogP contribution >= 0.6 is 23.2 Å². The third kappa shape index (κ3) is 5.30. The van der Waals surface area contributed by atoms with Crippen molar-refractivity contribution in [2.45, 2.75) is 32.8 Å². The second-order valence-corrected chi connectivity index (χ2v) is 11.4. The van der Waals surface area contributed by atoms with Gasteiger partial charge in [-0.15, -0.1) is 0 Å². The van der Waals surface area contributed by atoms with Gasteiger partial charge in [0, 0.05) is 52.4 Å². The number of imidazole rings is 1. The molecule has 2 aromatic carbocycles. The van der Waals surface area contributed by atoms with Crippen LogP contribution < -0.4 is 9.64 Å². The molecule has 0 spiro atoms. The lowest BCUT2D eigenvalue weighted by molar-refractivity contribution is -0.0392. The van der Waals surface area contributed by atoms with E-state index < -0.39 is 0 Å². The molecule has 1 fully saturated rings. The summed E-state index contributed by atoms with van der Waals surface area (Å²) in [6.45, 7) is 8.73. The number of benzene rings is 2. The van der Waals surface area contributed by atoms with Crippen molar-refractivity contribution in [1.82, 2.24) is 24.3 Å². The summed E-state index contributed by atoms with van der Waals surface area (Å²) >= 11 is 12.3. The molecule has 1 saturated heterocycles. The van der Waals surface area contributed by atoms with E-state index in [2.05, 4.69) is 40.4 Å². The van der Waals surface area contributed by atoms with Crippen LogP contribution in [0.25, 0.3) is 17.1 Å². The van der Waals surface area contributed by atoms with Crippen molar-refractivity contribution in [1.29, 1.82) is 0 Å². The summed E-state index contributed by atoms with van der Waals surface area (Å²) in [4.78, 5) is 11.9. The van der Waals surface area contributed by atoms with E-state index in [1.165, 1.54) is 5.56 Å². The first-order valence-corrected chi connectivity index (χ1v) is 14.3. The van der Waals surface area contributed by atoms with Crippen molar-refractivity contribution in [2.24, 2.45) is 5.92 Å². The highest BCUT2D eigenvalue weighted by atomic mass is 35.5. The number of hydrogen-bond donors (Lipinski definition) is 0. The fourth-order valence-electron chi connectivity index (χ4n) is 5.34. The number of fused-ring (bicyclic) bond motifs is 2. The molecule has 5 aromatic rings. The molecule has 41 heavy (non-hydrogen) atoms. The van der Waals surface area contributed by atoms with Gasteiger partial charge in [0.1, 0.15) is 18.2 Å². The number of halogens is 2. The Labute approximate surface area is 247 Å². The van der Waals surface area contributed by atoms with Crippen molar-refractivity contribution in [3.63, 3.8) is 0 Å². The first-order valence-electron chi connectivity index (χ1n) is 13.6. The molecule has 0 bridgehead atoms. The summed E-state index contributed by atoms with van der Waals surface area (Å²) in [5, 5.41) is 6.10. The first-order chi connectivity index (χ1) is 20.0. The van der Waals surface area contributed by atoms with E-state index in [9.17, 15) is 0 Å². The van der Waals surface area contributed by atoms with Gasteiger partial charge in [0.05, 0.1) is 43.0 Å². The Morgan fingerprint density at radius 2 is 1.95 bits per heavy atom. The van der Waals surface area contributed by atoms with Crippen molar-refractivity contribution < 1.29 is 9.47 Å². The smallest absolute Gasteiger partial charge is 0.215 e. The molecule has 0 radical (unpaired) electrons. The van der Waals surface area contributed by atoms with E-state index in [4.69, 9.17) is 47.7 Å². The normalized spacial score (nSPS) is 14.8. The van der Waals surface area contributed by atoms with Crippen LogP contribution in [0.3, 0.4) is 0 Å². The predicted octanol–water partition coefficient (Wildman–Crippen LogP) is 6.37. The Hall–Kier alpha value is -3.85. The largest absolute Gasteiger partial charge is 0.473 e. The zero-order valence-corrected chi connectivity index (χ0v) is 23.9. The minimum atomic E-state index is 0.312. The van der Waals surface area contributed by atoms with Crippen LogP contribution in [-0.4, -0.2) is 37.5 Å². The number of hydrogen-bond acceptors (Lipinski definition) is 6. The van der Waals surface area contributed by atoms with E-state index in [1.807, 2.05) is 35.0 Å². The summed E-state index contributed by atoms with van der Waals surface area (Å²) in [5.41, 5.74) is 6.30. The number of aromatic nitrogens is 5. The highest BCUT2D eigenvalue weighted by Crippen LogP contribution is 2.29. The van der Waals surface area contributed by atoms with Gasteiger partial charge in [-0.25, -0.2) is 4.98 Å². The molecule has 0 N–H and O–H groups in total. The highest BCUT2D eigenvalue weighted by molar-refractivity contribution is 6.35. The SMILES string of the molecule is C=Cc1ccc2nc(Cn3cc4c(n3)CN(c3cccc(OCc5ccc(Cl)cc5Cl)n3)C4)n(CC3COC3)c2c1. The Balaban J connectivity index is 1.05. The molecule has 8 nitrogen and oxygen atoms in total. The predicted molar refractivity (Wildman–Crippen MR) is 160 cm³/mol. The minimum Gasteiger partial charge on any atom is -0.473 e. The second kappa shape index (κ2) is 10.9. The highest BCUT2D eigenvalue weighted by Gasteiger charge is 2.26. The zero-order valence-electron chi connectivity index (χ0n) is 22.3. The molecule has 0 aliphatic carbocycles. The molecule has 0 saturated carbocycles. The average molecular weight is 588 g/mol. The van der Waals surface area contributed by atoms with Crippen molar-refractivity contribution in [2.75, 3.05) is 18.1 Å². The fourth-order valence-corrected chi connectivity index (χ4v) is 5.80. The second-order valence-electron chi connectivity index (χ2n) is 10.5. The fraction of sp³-hybridized carbons (Fsp3) is 0.258. The number of ether oxygens (including phenoxy) is 2. The topological polar surface area (TPSA) is 70.2 Å². The Morgan fingerprint density at radius 1 is 1.05 bits per heavy atom. The van der Waals surface area contributed by atoms with Crippen LogP contribution in [-0.2, 0) is 37.5 Å². The molecule has 3 aromatic heterocycles. The molecule has 0 atom stereocenters. The van der Waals surface area contributed by atoms with E-state index >= 15 is 0 Å². The molecular weight excluding hydrogens is 559 g/mol. The lowest BCUT2D eigenvalue weighted by Gasteiger charge is -2.27. The quantitative estimate of drug-likeness (QED) is 0.200. The van der Waals surface area contributed by atoms with Gasteiger partial charge in [-0.05, 0) is 35.9 Å². The van der Waals surface area contributed by atoms with E-state index in [0.717, 1.165) is 65.8 Å². The number of rotatable bonds is 9. The molecule has 10 heteroatoms. The van der Waals surface area contributed by atoms with Gasteiger partial charge in [0.25, 0.3) is 0 Å². The standard InChI is InChI=1S/C31H28Cl2N6O2/c1-2-20-6-9-26-28(10-20)39(12-21-17-40-18-21)30(34-26)16-38-14-23-13-37(15-27(23)36-38)29-4-3-5-31(35-29)41-19-22-7-8-24(32)11-25(22)33/h2-11,14,21H,1,12-13,15-19H2. The van der Waals surface area contributed by atoms with Gasteiger partial charge in [-0.1, -0.05) is 54.1 Å². The van der Waals surface area contributed by atoms with Crippen LogP contribution in [0.4, 0.5) is 5.82 Å². The first kappa shape index (κ1) is 26.1. The number of nitrogens with zero attached hydrogens (tertiary/aromatic N) is 6. The van der Waals surface area contributed by atoms with Gasteiger partial charge >= 0.3 is 0 Å². The lowest BCUT2D eigenvalue weighted by Crippen LogP contribution is -2.32. The van der Waals surface area contributed by atoms with Crippen LogP contribution in [0.15, 0.2) is 67.4 Å². The van der Waals surface area contributed by atoms with Crippen LogP contribution in [0.1, 0.15) is 28.2 Å². The summed E-state index contributed by atoms with van der Waals surface area (Å²) < 4.78 is 15.7. The summed E-state index contributed by atoms with van der Waals surface area (Å²) in [5.74, 6) is 2.89. The maximum Gasteiger partial charge on any atom is 0.215 e. The van der Waals surface area contributed by atoms with Gasteiger partial charge in [0.15, 0.2) is 0 Å². The van der Waals surface area contributed by atoms with E-state index in [1.54, 1.807) is 12.1 Å². The third-order valence-corrected chi connectivity index (χ3v) is 8.18. The van der Waals surface area contributed by atoms with Crippen molar-refractivity contribution in [3.8, 4) is 5.88 Å².